The molecule has 0 aromatic heterocycles. The fourth-order valence-corrected chi connectivity index (χ4v) is 6.92. The Morgan fingerprint density at radius 3 is 1.69 bits per heavy atom. The Bertz CT molecular complexity index is 1470. The van der Waals surface area contributed by atoms with Crippen LogP contribution >= 0.6 is 0 Å². The fourth-order valence-electron chi connectivity index (χ4n) is 6.92. The molecule has 0 aliphatic heterocycles. The average Bonchev–Trinajstić information content (AvgIpc) is 3.55. The van der Waals surface area contributed by atoms with Crippen LogP contribution in [-0.4, -0.2) is 22.2 Å². The van der Waals surface area contributed by atoms with E-state index < -0.39 is 22.8 Å². The molecule has 178 valence electrons. The van der Waals surface area contributed by atoms with Gasteiger partial charge < -0.3 is 10.2 Å². The minimum atomic E-state index is -0.831. The van der Waals surface area contributed by atoms with E-state index in [0.717, 1.165) is 44.5 Å². The number of hydrogen-bond acceptors (Lipinski definition) is 2. The number of rotatable bonds is 8. The summed E-state index contributed by atoms with van der Waals surface area (Å²) < 4.78 is 0. The maximum Gasteiger partial charge on any atom is 0.303 e. The van der Waals surface area contributed by atoms with Gasteiger partial charge in [0, 0.05) is 29.2 Å². The van der Waals surface area contributed by atoms with Crippen LogP contribution in [0.25, 0.3) is 16.7 Å². The van der Waals surface area contributed by atoms with Crippen LogP contribution in [0.4, 0.5) is 0 Å². The van der Waals surface area contributed by atoms with Gasteiger partial charge in [-0.3, -0.25) is 9.59 Å². The van der Waals surface area contributed by atoms with E-state index in [9.17, 15) is 19.8 Å². The summed E-state index contributed by atoms with van der Waals surface area (Å²) in [7, 11) is 0. The lowest BCUT2D eigenvalue weighted by atomic mass is 9.59. The van der Waals surface area contributed by atoms with Gasteiger partial charge in [-0.2, -0.15) is 0 Å². The number of benzene rings is 3. The van der Waals surface area contributed by atoms with Gasteiger partial charge in [0.15, 0.2) is 0 Å². The molecule has 3 aromatic rings. The highest BCUT2D eigenvalue weighted by atomic mass is 16.4. The molecule has 4 nitrogen and oxygen atoms in total. The fraction of sp³-hybridized carbons (Fsp3) is 0.219. The Morgan fingerprint density at radius 1 is 0.667 bits per heavy atom. The summed E-state index contributed by atoms with van der Waals surface area (Å²) in [5.74, 6) is -1.66. The number of hydrogen-bond donors (Lipinski definition) is 2. The standard InChI is InChI=1S/C32H26O4/c33-29(34)16-18-31(25-12-4-1-8-21(25)22-9-2-5-13-26(22)31)20-32(19-17-30(35)36)27-14-6-3-10-23(27)24-11-7-15-28(24)32/h1-10,12-15H,16-20H2,(H,33,34)(H,35,36). The molecule has 3 aliphatic rings. The summed E-state index contributed by atoms with van der Waals surface area (Å²) in [4.78, 5) is 23.8. The zero-order valence-electron chi connectivity index (χ0n) is 19.8. The Kier molecular flexibility index (Phi) is 5.10. The lowest BCUT2D eigenvalue weighted by Gasteiger charge is -2.42. The van der Waals surface area contributed by atoms with Gasteiger partial charge >= 0.3 is 11.9 Å². The highest BCUT2D eigenvalue weighted by molar-refractivity contribution is 5.92. The molecule has 0 saturated carbocycles. The van der Waals surface area contributed by atoms with Crippen LogP contribution in [0.3, 0.4) is 0 Å². The van der Waals surface area contributed by atoms with Crippen molar-refractivity contribution in [1.29, 1.82) is 0 Å². The van der Waals surface area contributed by atoms with Crippen molar-refractivity contribution >= 4 is 17.5 Å². The quantitative estimate of drug-likeness (QED) is 0.365. The number of allylic oxidation sites excluding steroid dienone is 3. The van der Waals surface area contributed by atoms with Crippen LogP contribution in [0.5, 0.6) is 0 Å². The van der Waals surface area contributed by atoms with Crippen molar-refractivity contribution in [3.63, 3.8) is 0 Å². The third kappa shape index (κ3) is 3.15. The van der Waals surface area contributed by atoms with E-state index in [2.05, 4.69) is 48.2 Å². The van der Waals surface area contributed by atoms with Gasteiger partial charge in [-0.1, -0.05) is 72.8 Å². The minimum absolute atomic E-state index is 0.0251. The molecule has 0 fully saturated rings. The van der Waals surface area contributed by atoms with Gasteiger partial charge in [-0.15, -0.1) is 5.73 Å². The van der Waals surface area contributed by atoms with Gasteiger partial charge in [0.25, 0.3) is 0 Å². The van der Waals surface area contributed by atoms with E-state index in [4.69, 9.17) is 0 Å². The lowest BCUT2D eigenvalue weighted by Crippen LogP contribution is -2.38. The van der Waals surface area contributed by atoms with E-state index in [1.54, 1.807) is 0 Å². The molecule has 6 rings (SSSR count). The van der Waals surface area contributed by atoms with E-state index in [1.807, 2.05) is 42.5 Å². The predicted octanol–water partition coefficient (Wildman–Crippen LogP) is 6.50. The van der Waals surface area contributed by atoms with Gasteiger partial charge in [-0.25, -0.2) is 0 Å². The predicted molar refractivity (Wildman–Crippen MR) is 139 cm³/mol. The first-order valence-electron chi connectivity index (χ1n) is 12.4. The summed E-state index contributed by atoms with van der Waals surface area (Å²) >= 11 is 0. The van der Waals surface area contributed by atoms with Crippen molar-refractivity contribution in [2.75, 3.05) is 0 Å². The Labute approximate surface area is 209 Å². The zero-order valence-corrected chi connectivity index (χ0v) is 19.8. The number of carboxylic acids is 2. The maximum atomic E-state index is 11.9. The van der Waals surface area contributed by atoms with Gasteiger partial charge in [0.05, 0.1) is 0 Å². The van der Waals surface area contributed by atoms with Crippen molar-refractivity contribution in [2.45, 2.75) is 42.9 Å². The van der Waals surface area contributed by atoms with Gasteiger partial charge in [0.2, 0.25) is 0 Å². The summed E-state index contributed by atoms with van der Waals surface area (Å²) in [5.41, 5.74) is 11.1. The average molecular weight is 475 g/mol. The first kappa shape index (κ1) is 22.3. The normalized spacial score (nSPS) is 19.7. The molecule has 1 unspecified atom stereocenters. The van der Waals surface area contributed by atoms with Crippen molar-refractivity contribution in [1.82, 2.24) is 0 Å². The van der Waals surface area contributed by atoms with Crippen LogP contribution < -0.4 is 0 Å². The maximum absolute atomic E-state index is 11.9. The van der Waals surface area contributed by atoms with Gasteiger partial charge in [-0.05, 0) is 70.4 Å². The molecule has 0 radical (unpaired) electrons. The van der Waals surface area contributed by atoms with E-state index in [1.165, 1.54) is 0 Å². The van der Waals surface area contributed by atoms with Crippen LogP contribution in [-0.2, 0) is 20.4 Å². The third-order valence-corrected chi connectivity index (χ3v) is 8.28. The van der Waals surface area contributed by atoms with Gasteiger partial charge in [0.1, 0.15) is 0 Å². The van der Waals surface area contributed by atoms with Crippen LogP contribution in [0.2, 0.25) is 0 Å². The zero-order chi connectivity index (χ0) is 24.9. The molecule has 0 spiro atoms. The molecular weight excluding hydrogens is 448 g/mol. The second-order valence-electron chi connectivity index (χ2n) is 10.0. The second kappa shape index (κ2) is 8.22. The monoisotopic (exact) mass is 474 g/mol. The summed E-state index contributed by atoms with van der Waals surface area (Å²) in [6.45, 7) is 0. The number of carbonyl (C=O) groups is 2. The first-order chi connectivity index (χ1) is 17.5. The third-order valence-electron chi connectivity index (χ3n) is 8.28. The Morgan fingerprint density at radius 2 is 1.14 bits per heavy atom. The van der Waals surface area contributed by atoms with Crippen molar-refractivity contribution < 1.29 is 19.8 Å². The van der Waals surface area contributed by atoms with E-state index in [-0.39, 0.29) is 12.8 Å². The molecule has 36 heavy (non-hydrogen) atoms. The summed E-state index contributed by atoms with van der Waals surface area (Å²) in [6.07, 6.45) is 5.52. The van der Waals surface area contributed by atoms with E-state index in [0.29, 0.717) is 19.3 Å². The lowest BCUT2D eigenvalue weighted by molar-refractivity contribution is -0.138. The molecule has 0 bridgehead atoms. The molecular formula is C32H26O4. The van der Waals surface area contributed by atoms with Crippen molar-refractivity contribution in [3.05, 3.63) is 119 Å². The van der Waals surface area contributed by atoms with Crippen LogP contribution in [0.15, 0.2) is 96.3 Å². The summed E-state index contributed by atoms with van der Waals surface area (Å²) in [6, 6.07) is 24.8. The van der Waals surface area contributed by atoms with Crippen molar-refractivity contribution in [2.24, 2.45) is 0 Å². The number of aliphatic carboxylic acids is 2. The topological polar surface area (TPSA) is 74.6 Å². The molecule has 0 saturated heterocycles. The number of carboxylic acid groups (broad SMARTS) is 2. The molecule has 0 heterocycles. The SMILES string of the molecule is O=C(O)CCC1(CC2(CCC(=O)O)c3ccccc3-c3ccccc32)C2=CC=C=C2c2ccccc21. The molecule has 0 amide bonds. The number of fused-ring (bicyclic) bond motifs is 6. The Hall–Kier alpha value is -4.14. The van der Waals surface area contributed by atoms with Crippen LogP contribution in [0.1, 0.15) is 54.4 Å². The smallest absolute Gasteiger partial charge is 0.303 e. The Balaban J connectivity index is 1.62. The molecule has 2 N–H and O–H groups in total. The van der Waals surface area contributed by atoms with E-state index >= 15 is 0 Å². The van der Waals surface area contributed by atoms with Crippen molar-refractivity contribution in [3.8, 4) is 11.1 Å². The highest BCUT2D eigenvalue weighted by Gasteiger charge is 2.54. The molecule has 3 aliphatic carbocycles. The second-order valence-corrected chi connectivity index (χ2v) is 10.0. The summed E-state index contributed by atoms with van der Waals surface area (Å²) in [5, 5.41) is 19.6. The minimum Gasteiger partial charge on any atom is -0.481 e. The first-order valence-corrected chi connectivity index (χ1v) is 12.4. The largest absolute Gasteiger partial charge is 0.481 e. The molecule has 1 atom stereocenters. The highest BCUT2D eigenvalue weighted by Crippen LogP contribution is 2.63. The molecule has 3 aromatic carbocycles. The van der Waals surface area contributed by atoms with Crippen LogP contribution in [0, 0.1) is 0 Å². The molecule has 4 heteroatoms.